The fourth-order valence-electron chi connectivity index (χ4n) is 3.35. The molecule has 0 aliphatic heterocycles. The predicted molar refractivity (Wildman–Crippen MR) is 116 cm³/mol. The topological polar surface area (TPSA) is 0 Å². The lowest BCUT2D eigenvalue weighted by atomic mass is 9.91. The van der Waals surface area contributed by atoms with Gasteiger partial charge in [-0.3, -0.25) is 0 Å². The minimum absolute atomic E-state index is 1.17. The molecule has 1 aromatic rings. The van der Waals surface area contributed by atoms with Gasteiger partial charge in [0.25, 0.3) is 0 Å². The largest absolute Gasteiger partial charge is 0.0955 e. The predicted octanol–water partition coefficient (Wildman–Crippen LogP) is 8.61. The first-order valence-corrected chi connectivity index (χ1v) is 10.6. The fraction of sp³-hybridized carbons (Fsp3) is 0.600. The number of rotatable bonds is 4. The van der Waals surface area contributed by atoms with E-state index in [4.69, 9.17) is 0 Å². The molecule has 0 unspecified atom stereocenters. The van der Waals surface area contributed by atoms with Gasteiger partial charge in [0.05, 0.1) is 0 Å². The van der Waals surface area contributed by atoms with Crippen LogP contribution in [-0.2, 0) is 6.42 Å². The first-order chi connectivity index (χ1) is 12.1. The summed E-state index contributed by atoms with van der Waals surface area (Å²) in [7, 11) is 0. The first kappa shape index (κ1) is 21.7. The van der Waals surface area contributed by atoms with Gasteiger partial charge in [-0.2, -0.15) is 0 Å². The summed E-state index contributed by atoms with van der Waals surface area (Å²) in [5.74, 6) is 0. The van der Waals surface area contributed by atoms with Crippen molar-refractivity contribution in [3.05, 3.63) is 47.0 Å². The second-order valence-electron chi connectivity index (χ2n) is 7.47. The molecule has 0 spiro atoms. The molecule has 0 nitrogen and oxygen atoms in total. The van der Waals surface area contributed by atoms with Crippen LogP contribution in [-0.4, -0.2) is 0 Å². The molecule has 0 heterocycles. The van der Waals surface area contributed by atoms with Gasteiger partial charge in [-0.05, 0) is 67.4 Å². The maximum Gasteiger partial charge on any atom is -0.00550 e. The van der Waals surface area contributed by atoms with Crippen molar-refractivity contribution >= 4 is 11.1 Å². The molecular formula is C25H40. The van der Waals surface area contributed by atoms with Crippen LogP contribution < -0.4 is 0 Å². The molecule has 0 aromatic heterocycles. The summed E-state index contributed by atoms with van der Waals surface area (Å²) in [5.41, 5.74) is 8.90. The van der Waals surface area contributed by atoms with Crippen LogP contribution in [0.15, 0.2) is 30.4 Å². The number of unbranched alkanes of at least 4 members (excludes halogenated alkanes) is 3. The van der Waals surface area contributed by atoms with Gasteiger partial charge in [-0.1, -0.05) is 89.7 Å². The highest BCUT2D eigenvalue weighted by atomic mass is 14.3. The van der Waals surface area contributed by atoms with E-state index in [-0.39, 0.29) is 0 Å². The smallest absolute Gasteiger partial charge is 0.00550 e. The number of benzene rings is 1. The van der Waals surface area contributed by atoms with Gasteiger partial charge in [0.15, 0.2) is 0 Å². The number of allylic oxidation sites excluding steroid dienone is 3. The van der Waals surface area contributed by atoms with Crippen molar-refractivity contribution in [2.75, 3.05) is 0 Å². The van der Waals surface area contributed by atoms with Gasteiger partial charge in [0, 0.05) is 0 Å². The van der Waals surface area contributed by atoms with Crippen LogP contribution in [0.4, 0.5) is 0 Å². The van der Waals surface area contributed by atoms with Gasteiger partial charge in [-0.25, -0.2) is 0 Å². The molecule has 0 fully saturated rings. The van der Waals surface area contributed by atoms with Crippen molar-refractivity contribution in [2.24, 2.45) is 0 Å². The zero-order valence-electron chi connectivity index (χ0n) is 17.5. The molecule has 0 bridgehead atoms. The molecule has 2 aliphatic rings. The molecule has 1 aromatic carbocycles. The molecule has 0 heteroatoms. The van der Waals surface area contributed by atoms with E-state index in [1.165, 1.54) is 86.5 Å². The number of hydrogen-bond donors (Lipinski definition) is 0. The summed E-state index contributed by atoms with van der Waals surface area (Å²) in [5, 5.41) is 0. The summed E-state index contributed by atoms with van der Waals surface area (Å²) in [6.45, 7) is 14.9. The van der Waals surface area contributed by atoms with Gasteiger partial charge in [0.2, 0.25) is 0 Å². The third kappa shape index (κ3) is 6.84. The third-order valence-corrected chi connectivity index (χ3v) is 5.12. The molecule has 0 N–H and O–H groups in total. The summed E-state index contributed by atoms with van der Waals surface area (Å²) in [6.07, 6.45) is 13.3. The average Bonchev–Trinajstić information content (AvgIpc) is 3.01. The monoisotopic (exact) mass is 340 g/mol. The zero-order valence-corrected chi connectivity index (χ0v) is 17.5. The van der Waals surface area contributed by atoms with Crippen molar-refractivity contribution < 1.29 is 0 Å². The Hall–Kier alpha value is -1.30. The van der Waals surface area contributed by atoms with E-state index in [0.717, 1.165) is 0 Å². The van der Waals surface area contributed by atoms with Crippen molar-refractivity contribution in [3.8, 4) is 0 Å². The Morgan fingerprint density at radius 3 is 2.08 bits per heavy atom. The minimum Gasteiger partial charge on any atom is -0.0955 e. The van der Waals surface area contributed by atoms with Crippen LogP contribution in [0.1, 0.15) is 109 Å². The van der Waals surface area contributed by atoms with E-state index in [2.05, 4.69) is 59.4 Å². The standard InChI is InChI=1S/C16H18.C5H12.C4H10/c1-11(2)12-7-8-14-9-13-5-3-4-6-15(13)16(14)10-12;1-3-5-4-2;1-3-4-2/h7-8,10H,1,3-6,9H2,2H3;3-5H2,1-2H3;3-4H2,1-2H3. The fourth-order valence-corrected chi connectivity index (χ4v) is 3.35. The highest BCUT2D eigenvalue weighted by Gasteiger charge is 2.23. The van der Waals surface area contributed by atoms with Crippen molar-refractivity contribution in [1.29, 1.82) is 0 Å². The van der Waals surface area contributed by atoms with E-state index in [1.807, 2.05) is 0 Å². The summed E-state index contributed by atoms with van der Waals surface area (Å²) in [6, 6.07) is 6.88. The highest BCUT2D eigenvalue weighted by molar-refractivity contribution is 5.79. The third-order valence-electron chi connectivity index (χ3n) is 5.12. The van der Waals surface area contributed by atoms with Gasteiger partial charge in [0.1, 0.15) is 0 Å². The zero-order chi connectivity index (χ0) is 18.7. The Morgan fingerprint density at radius 1 is 0.920 bits per heavy atom. The van der Waals surface area contributed by atoms with Gasteiger partial charge in [-0.15, -0.1) is 0 Å². The lowest BCUT2D eigenvalue weighted by molar-refractivity contribution is 0.711. The molecule has 0 saturated carbocycles. The van der Waals surface area contributed by atoms with Crippen LogP contribution >= 0.6 is 0 Å². The van der Waals surface area contributed by atoms with Gasteiger partial charge >= 0.3 is 0 Å². The summed E-state index contributed by atoms with van der Waals surface area (Å²) in [4.78, 5) is 0. The molecular weight excluding hydrogens is 300 g/mol. The Balaban J connectivity index is 0.000000293. The van der Waals surface area contributed by atoms with Crippen molar-refractivity contribution in [2.45, 2.75) is 98.8 Å². The Kier molecular flexibility index (Phi) is 10.5. The summed E-state index contributed by atoms with van der Waals surface area (Å²) >= 11 is 0. The highest BCUT2D eigenvalue weighted by Crippen LogP contribution is 2.42. The van der Waals surface area contributed by atoms with Crippen molar-refractivity contribution in [3.63, 3.8) is 0 Å². The first-order valence-electron chi connectivity index (χ1n) is 10.6. The second-order valence-corrected chi connectivity index (χ2v) is 7.47. The quantitative estimate of drug-likeness (QED) is 0.514. The van der Waals surface area contributed by atoms with Crippen LogP contribution in [0.25, 0.3) is 11.1 Å². The molecule has 140 valence electrons. The SMILES string of the molecule is C=C(C)c1ccc2c(c1)C1=C(CCCC1)C2.CCCC.CCCCC. The normalized spacial score (nSPS) is 14.6. The van der Waals surface area contributed by atoms with E-state index in [0.29, 0.717) is 0 Å². The average molecular weight is 341 g/mol. The van der Waals surface area contributed by atoms with Gasteiger partial charge < -0.3 is 0 Å². The van der Waals surface area contributed by atoms with Crippen LogP contribution in [0.5, 0.6) is 0 Å². The Bertz CT molecular complexity index is 555. The Labute approximate surface area is 157 Å². The van der Waals surface area contributed by atoms with Crippen LogP contribution in [0.2, 0.25) is 0 Å². The van der Waals surface area contributed by atoms with Crippen LogP contribution in [0.3, 0.4) is 0 Å². The van der Waals surface area contributed by atoms with E-state index in [1.54, 1.807) is 11.1 Å². The van der Waals surface area contributed by atoms with E-state index >= 15 is 0 Å². The molecule has 3 rings (SSSR count). The summed E-state index contributed by atoms with van der Waals surface area (Å²) < 4.78 is 0. The number of fused-ring (bicyclic) bond motifs is 2. The van der Waals surface area contributed by atoms with Crippen molar-refractivity contribution in [1.82, 2.24) is 0 Å². The lowest BCUT2D eigenvalue weighted by Crippen LogP contribution is -1.94. The number of hydrogen-bond acceptors (Lipinski definition) is 0. The van der Waals surface area contributed by atoms with E-state index < -0.39 is 0 Å². The molecule has 0 atom stereocenters. The molecule has 25 heavy (non-hydrogen) atoms. The molecule has 2 aliphatic carbocycles. The maximum atomic E-state index is 4.04. The second kappa shape index (κ2) is 12.1. The lowest BCUT2D eigenvalue weighted by Gasteiger charge is -2.14. The Morgan fingerprint density at radius 2 is 1.56 bits per heavy atom. The minimum atomic E-state index is 1.17. The van der Waals surface area contributed by atoms with E-state index in [9.17, 15) is 0 Å². The maximum absolute atomic E-state index is 4.04. The van der Waals surface area contributed by atoms with Crippen LogP contribution in [0, 0.1) is 0 Å². The molecule has 0 saturated heterocycles. The molecule has 0 amide bonds. The molecule has 0 radical (unpaired) electrons.